The van der Waals surface area contributed by atoms with Gasteiger partial charge in [-0.05, 0) is 36.8 Å². The van der Waals surface area contributed by atoms with E-state index in [0.29, 0.717) is 38.5 Å². The van der Waals surface area contributed by atoms with Gasteiger partial charge in [-0.1, -0.05) is 60.7 Å². The lowest BCUT2D eigenvalue weighted by atomic mass is 10.0. The molecule has 2 atom stereocenters. The Labute approximate surface area is 212 Å². The largest absolute Gasteiger partial charge is 0.390 e. The smallest absolute Gasteiger partial charge is 0.223 e. The van der Waals surface area contributed by atoms with Crippen molar-refractivity contribution < 1.29 is 29.4 Å². The van der Waals surface area contributed by atoms with Gasteiger partial charge < -0.3 is 30.4 Å². The molecule has 0 radical (unpaired) electrons. The fourth-order valence-electron chi connectivity index (χ4n) is 3.99. The lowest BCUT2D eigenvalue weighted by molar-refractivity contribution is -0.128. The summed E-state index contributed by atoms with van der Waals surface area (Å²) in [5, 5.41) is 24.4. The van der Waals surface area contributed by atoms with Crippen LogP contribution in [0.3, 0.4) is 0 Å². The Kier molecular flexibility index (Phi) is 13.1. The topological polar surface area (TPSA) is 133 Å². The summed E-state index contributed by atoms with van der Waals surface area (Å²) < 4.78 is 0. The van der Waals surface area contributed by atoms with Crippen LogP contribution in [0.4, 0.5) is 0 Å². The van der Waals surface area contributed by atoms with E-state index in [1.807, 2.05) is 60.7 Å². The lowest BCUT2D eigenvalue weighted by Crippen LogP contribution is -2.32. The van der Waals surface area contributed by atoms with E-state index < -0.39 is 18.1 Å². The van der Waals surface area contributed by atoms with Gasteiger partial charge in [-0.2, -0.15) is 0 Å². The monoisotopic (exact) mass is 496 g/mol. The second kappa shape index (κ2) is 16.3. The first-order valence-corrected chi connectivity index (χ1v) is 12.3. The van der Waals surface area contributed by atoms with Crippen molar-refractivity contribution in [2.45, 2.75) is 50.7 Å². The summed E-state index contributed by atoms with van der Waals surface area (Å²) >= 11 is 0. The Morgan fingerprint density at radius 2 is 1.22 bits per heavy atom. The second-order valence-corrected chi connectivity index (χ2v) is 8.86. The van der Waals surface area contributed by atoms with E-state index in [-0.39, 0.29) is 30.6 Å². The van der Waals surface area contributed by atoms with E-state index in [0.717, 1.165) is 18.4 Å². The number of aliphatic hydroxyl groups is 2. The Hall–Kier alpha value is -3.36. The van der Waals surface area contributed by atoms with Gasteiger partial charge >= 0.3 is 0 Å². The molecule has 8 nitrogen and oxygen atoms in total. The van der Waals surface area contributed by atoms with E-state index in [4.69, 9.17) is 0 Å². The molecular weight excluding hydrogens is 460 g/mol. The molecule has 0 aliphatic heterocycles. The van der Waals surface area contributed by atoms with Crippen LogP contribution in [-0.2, 0) is 32.0 Å². The first-order chi connectivity index (χ1) is 17.4. The third-order valence-corrected chi connectivity index (χ3v) is 6.11. The summed E-state index contributed by atoms with van der Waals surface area (Å²) in [6.45, 7) is 1.10. The number of aliphatic hydroxyl groups excluding tert-OH is 2. The van der Waals surface area contributed by atoms with Gasteiger partial charge in [0.25, 0.3) is 0 Å². The summed E-state index contributed by atoms with van der Waals surface area (Å²) in [6, 6.07) is 19.8. The summed E-state index contributed by atoms with van der Waals surface area (Å²) in [4.78, 5) is 44.3. The number of carbonyl (C=O) groups excluding carboxylic acids is 4. The van der Waals surface area contributed by atoms with Crippen LogP contribution in [0.2, 0.25) is 0 Å². The molecule has 4 N–H and O–H groups in total. The van der Waals surface area contributed by atoms with Gasteiger partial charge in [0.2, 0.25) is 11.8 Å². The number of hydrogen-bond donors (Lipinski definition) is 4. The quantitative estimate of drug-likeness (QED) is 0.330. The number of carbonyl (C=O) groups is 4. The number of hydrogen-bond acceptors (Lipinski definition) is 6. The average molecular weight is 497 g/mol. The summed E-state index contributed by atoms with van der Waals surface area (Å²) in [5.41, 5.74) is 2.32. The molecule has 8 heteroatoms. The van der Waals surface area contributed by atoms with Crippen LogP contribution in [0.15, 0.2) is 60.7 Å². The van der Waals surface area contributed by atoms with Crippen molar-refractivity contribution in [3.8, 4) is 0 Å². The average Bonchev–Trinajstić information content (AvgIpc) is 3.23. The Balaban J connectivity index is 0.000000254. The highest BCUT2D eigenvalue weighted by Gasteiger charge is 2.35. The molecule has 3 rings (SSSR count). The maximum absolute atomic E-state index is 11.8. The molecule has 0 heterocycles. The van der Waals surface area contributed by atoms with E-state index in [1.54, 1.807) is 0 Å². The predicted octanol–water partition coefficient (Wildman–Crippen LogP) is 1.62. The van der Waals surface area contributed by atoms with E-state index in [1.165, 1.54) is 5.56 Å². The van der Waals surface area contributed by atoms with Gasteiger partial charge in [-0.15, -0.1) is 0 Å². The summed E-state index contributed by atoms with van der Waals surface area (Å²) in [7, 11) is 0. The van der Waals surface area contributed by atoms with Crippen molar-refractivity contribution in [3.05, 3.63) is 71.8 Å². The minimum Gasteiger partial charge on any atom is -0.390 e. The van der Waals surface area contributed by atoms with Crippen LogP contribution in [0.1, 0.15) is 36.8 Å². The zero-order chi connectivity index (χ0) is 26.2. The highest BCUT2D eigenvalue weighted by atomic mass is 16.3. The van der Waals surface area contributed by atoms with Gasteiger partial charge in [0, 0.05) is 31.8 Å². The third-order valence-electron chi connectivity index (χ3n) is 6.11. The number of amides is 2. The molecule has 194 valence electrons. The van der Waals surface area contributed by atoms with E-state index in [9.17, 15) is 29.4 Å². The van der Waals surface area contributed by atoms with Crippen molar-refractivity contribution in [1.29, 1.82) is 0 Å². The third kappa shape index (κ3) is 10.5. The molecule has 36 heavy (non-hydrogen) atoms. The zero-order valence-electron chi connectivity index (χ0n) is 20.4. The van der Waals surface area contributed by atoms with Gasteiger partial charge in [0.05, 0.1) is 18.1 Å². The summed E-state index contributed by atoms with van der Waals surface area (Å²) in [5.74, 6) is -1.09. The number of rotatable bonds is 12. The van der Waals surface area contributed by atoms with E-state index >= 15 is 0 Å². The maximum Gasteiger partial charge on any atom is 0.223 e. The first-order valence-electron chi connectivity index (χ1n) is 12.3. The van der Waals surface area contributed by atoms with Crippen LogP contribution in [-0.4, -0.2) is 59.9 Å². The molecule has 2 unspecified atom stereocenters. The Bertz CT molecular complexity index is 918. The van der Waals surface area contributed by atoms with Crippen LogP contribution >= 0.6 is 0 Å². The molecule has 0 bridgehead atoms. The van der Waals surface area contributed by atoms with E-state index in [2.05, 4.69) is 10.6 Å². The van der Waals surface area contributed by atoms with Crippen molar-refractivity contribution >= 4 is 24.4 Å². The minimum absolute atomic E-state index is 0.0680. The van der Waals surface area contributed by atoms with Crippen molar-refractivity contribution in [2.75, 3.05) is 13.1 Å². The molecule has 2 aromatic rings. The summed E-state index contributed by atoms with van der Waals surface area (Å²) in [6.07, 6.45) is 2.27. The van der Waals surface area contributed by atoms with Gasteiger partial charge in [0.15, 0.2) is 0 Å². The zero-order valence-corrected chi connectivity index (χ0v) is 20.4. The van der Waals surface area contributed by atoms with Gasteiger partial charge in [-0.3, -0.25) is 9.59 Å². The highest BCUT2D eigenvalue weighted by Crippen LogP contribution is 2.26. The van der Waals surface area contributed by atoms with Crippen LogP contribution in [0.5, 0.6) is 0 Å². The molecule has 1 fully saturated rings. The number of nitrogens with one attached hydrogen (secondary N) is 2. The van der Waals surface area contributed by atoms with Crippen LogP contribution in [0.25, 0.3) is 0 Å². The molecule has 2 aromatic carbocycles. The van der Waals surface area contributed by atoms with Gasteiger partial charge in [0.1, 0.15) is 12.6 Å². The normalized spacial score (nSPS) is 18.6. The molecule has 1 saturated carbocycles. The molecule has 0 saturated heterocycles. The van der Waals surface area contributed by atoms with Gasteiger partial charge in [-0.25, -0.2) is 0 Å². The first kappa shape index (κ1) is 28.9. The number of aldehydes is 2. The standard InChI is InChI=1S/C14H19NO3.C14H17NO3/c16-12-8-11(9-13(12)17)14(18)15-7-6-10-4-2-1-3-5-10;16-10-7-13(8-11-17)14(18)15-9-6-12-4-2-1-3-5-12/h1-5,11-13,16-17H,6-9H2,(H,15,18);1-5,10-11,13H,6-9H2,(H,15,18). The number of benzene rings is 2. The molecule has 0 aromatic heterocycles. The molecule has 1 aliphatic carbocycles. The second-order valence-electron chi connectivity index (χ2n) is 8.86. The van der Waals surface area contributed by atoms with Crippen LogP contribution in [0, 0.1) is 11.8 Å². The van der Waals surface area contributed by atoms with Crippen molar-refractivity contribution in [2.24, 2.45) is 11.8 Å². The van der Waals surface area contributed by atoms with Crippen LogP contribution < -0.4 is 10.6 Å². The molecule has 2 amide bonds. The van der Waals surface area contributed by atoms with Crippen molar-refractivity contribution in [1.82, 2.24) is 10.6 Å². The fraction of sp³-hybridized carbons (Fsp3) is 0.429. The lowest BCUT2D eigenvalue weighted by Gasteiger charge is -2.11. The molecular formula is C28H36N2O6. The minimum atomic E-state index is -0.755. The highest BCUT2D eigenvalue weighted by molar-refractivity contribution is 5.83. The Morgan fingerprint density at radius 3 is 1.67 bits per heavy atom. The predicted molar refractivity (Wildman–Crippen MR) is 136 cm³/mol. The fourth-order valence-corrected chi connectivity index (χ4v) is 3.99. The SMILES string of the molecule is O=C(NCCc1ccccc1)C1CC(O)C(O)C1.O=CCC(CC=O)C(=O)NCCc1ccccc1. The van der Waals surface area contributed by atoms with Crippen molar-refractivity contribution in [3.63, 3.8) is 0 Å². The molecule has 1 aliphatic rings. The maximum atomic E-state index is 11.8. The Morgan fingerprint density at radius 1 is 0.778 bits per heavy atom. The molecule has 0 spiro atoms.